The summed E-state index contributed by atoms with van der Waals surface area (Å²) in [4.78, 5) is 0. The maximum atomic E-state index is 3.54. The van der Waals surface area contributed by atoms with Crippen LogP contribution in [0.25, 0.3) is 0 Å². The second-order valence-corrected chi connectivity index (χ2v) is 3.94. The summed E-state index contributed by atoms with van der Waals surface area (Å²) in [7, 11) is 0. The molecule has 1 rings (SSSR count). The first-order valence-electron chi connectivity index (χ1n) is 3.89. The SMILES string of the molecule is C[C@H]1CCC[C@H](CBr)C1. The summed E-state index contributed by atoms with van der Waals surface area (Å²) in [5.74, 6) is 1.97. The maximum absolute atomic E-state index is 3.54. The molecule has 54 valence electrons. The molecule has 0 aliphatic heterocycles. The molecule has 0 N–H and O–H groups in total. The van der Waals surface area contributed by atoms with Crippen LogP contribution >= 0.6 is 15.9 Å². The van der Waals surface area contributed by atoms with Gasteiger partial charge in [0.2, 0.25) is 0 Å². The lowest BCUT2D eigenvalue weighted by Gasteiger charge is -2.24. The molecule has 0 saturated heterocycles. The summed E-state index contributed by atoms with van der Waals surface area (Å²) < 4.78 is 0. The first-order chi connectivity index (χ1) is 4.33. The zero-order valence-corrected chi connectivity index (χ0v) is 7.65. The Bertz CT molecular complexity index is 80.6. The van der Waals surface area contributed by atoms with Gasteiger partial charge in [-0.25, -0.2) is 0 Å². The van der Waals surface area contributed by atoms with Crippen molar-refractivity contribution in [3.8, 4) is 0 Å². The van der Waals surface area contributed by atoms with Crippen LogP contribution in [-0.2, 0) is 0 Å². The van der Waals surface area contributed by atoms with E-state index >= 15 is 0 Å². The van der Waals surface area contributed by atoms with E-state index < -0.39 is 0 Å². The molecule has 1 aliphatic carbocycles. The summed E-state index contributed by atoms with van der Waals surface area (Å²) >= 11 is 3.54. The molecule has 0 bridgehead atoms. The van der Waals surface area contributed by atoms with Crippen LogP contribution in [0.4, 0.5) is 0 Å². The Balaban J connectivity index is 2.23. The van der Waals surface area contributed by atoms with Crippen LogP contribution in [0.15, 0.2) is 0 Å². The zero-order chi connectivity index (χ0) is 6.69. The monoisotopic (exact) mass is 190 g/mol. The van der Waals surface area contributed by atoms with Crippen LogP contribution in [-0.4, -0.2) is 5.33 Å². The molecule has 0 aromatic rings. The number of halogens is 1. The minimum Gasteiger partial charge on any atom is -0.0925 e. The van der Waals surface area contributed by atoms with Crippen molar-refractivity contribution in [2.24, 2.45) is 11.8 Å². The fraction of sp³-hybridized carbons (Fsp3) is 1.00. The lowest BCUT2D eigenvalue weighted by molar-refractivity contribution is 0.306. The minimum atomic E-state index is 0.980. The summed E-state index contributed by atoms with van der Waals surface area (Å²) in [6, 6.07) is 0. The molecule has 1 saturated carbocycles. The van der Waals surface area contributed by atoms with Crippen LogP contribution in [0.1, 0.15) is 32.6 Å². The lowest BCUT2D eigenvalue weighted by Crippen LogP contribution is -2.13. The van der Waals surface area contributed by atoms with E-state index in [2.05, 4.69) is 22.9 Å². The van der Waals surface area contributed by atoms with E-state index in [1.54, 1.807) is 0 Å². The van der Waals surface area contributed by atoms with Gasteiger partial charge in [0.15, 0.2) is 0 Å². The van der Waals surface area contributed by atoms with Crippen molar-refractivity contribution in [2.75, 3.05) is 5.33 Å². The summed E-state index contributed by atoms with van der Waals surface area (Å²) in [5, 5.41) is 1.22. The van der Waals surface area contributed by atoms with E-state index in [1.807, 2.05) is 0 Å². The van der Waals surface area contributed by atoms with Gasteiger partial charge in [0, 0.05) is 5.33 Å². The van der Waals surface area contributed by atoms with Gasteiger partial charge < -0.3 is 0 Å². The van der Waals surface area contributed by atoms with Gasteiger partial charge in [0.05, 0.1) is 0 Å². The van der Waals surface area contributed by atoms with E-state index in [-0.39, 0.29) is 0 Å². The quantitative estimate of drug-likeness (QED) is 0.558. The molecule has 0 aromatic carbocycles. The largest absolute Gasteiger partial charge is 0.0925 e. The van der Waals surface area contributed by atoms with Gasteiger partial charge in [-0.15, -0.1) is 0 Å². The van der Waals surface area contributed by atoms with E-state index in [0.29, 0.717) is 0 Å². The van der Waals surface area contributed by atoms with Crippen LogP contribution in [0, 0.1) is 11.8 Å². The Labute approximate surface area is 66.2 Å². The third kappa shape index (κ3) is 2.29. The van der Waals surface area contributed by atoms with Crippen molar-refractivity contribution in [2.45, 2.75) is 32.6 Å². The van der Waals surface area contributed by atoms with Crippen molar-refractivity contribution in [3.05, 3.63) is 0 Å². The molecule has 1 aliphatic rings. The van der Waals surface area contributed by atoms with Gasteiger partial charge >= 0.3 is 0 Å². The van der Waals surface area contributed by atoms with E-state index in [0.717, 1.165) is 11.8 Å². The molecule has 0 unspecified atom stereocenters. The number of hydrogen-bond donors (Lipinski definition) is 0. The van der Waals surface area contributed by atoms with Crippen LogP contribution < -0.4 is 0 Å². The second-order valence-electron chi connectivity index (χ2n) is 3.29. The summed E-state index contributed by atoms with van der Waals surface area (Å²) in [6.07, 6.45) is 5.82. The third-order valence-corrected chi connectivity index (χ3v) is 3.18. The van der Waals surface area contributed by atoms with Crippen LogP contribution in [0.5, 0.6) is 0 Å². The molecule has 9 heavy (non-hydrogen) atoms. The Hall–Kier alpha value is 0.480. The fourth-order valence-corrected chi connectivity index (χ4v) is 2.29. The molecular formula is C8H15Br. The average molecular weight is 191 g/mol. The Morgan fingerprint density at radius 1 is 1.44 bits per heavy atom. The van der Waals surface area contributed by atoms with Gasteiger partial charge in [-0.1, -0.05) is 35.7 Å². The smallest absolute Gasteiger partial charge is 0.00597 e. The highest BCUT2D eigenvalue weighted by molar-refractivity contribution is 9.09. The first-order valence-corrected chi connectivity index (χ1v) is 5.01. The van der Waals surface area contributed by atoms with Gasteiger partial charge in [0.1, 0.15) is 0 Å². The number of rotatable bonds is 1. The molecule has 1 fully saturated rings. The molecule has 1 heteroatoms. The van der Waals surface area contributed by atoms with Crippen LogP contribution in [0.3, 0.4) is 0 Å². The fourth-order valence-electron chi connectivity index (χ4n) is 1.70. The van der Waals surface area contributed by atoms with Gasteiger partial charge in [-0.2, -0.15) is 0 Å². The van der Waals surface area contributed by atoms with Crippen molar-refractivity contribution in [1.29, 1.82) is 0 Å². The molecule has 0 heterocycles. The molecule has 0 amide bonds. The zero-order valence-electron chi connectivity index (χ0n) is 6.07. The van der Waals surface area contributed by atoms with Gasteiger partial charge in [-0.3, -0.25) is 0 Å². The Kier molecular flexibility index (Phi) is 3.03. The van der Waals surface area contributed by atoms with Gasteiger partial charge in [0.25, 0.3) is 0 Å². The van der Waals surface area contributed by atoms with Gasteiger partial charge in [-0.05, 0) is 24.7 Å². The van der Waals surface area contributed by atoms with E-state index in [4.69, 9.17) is 0 Å². The molecule has 0 radical (unpaired) electrons. The highest BCUT2D eigenvalue weighted by atomic mass is 79.9. The molecule has 0 spiro atoms. The van der Waals surface area contributed by atoms with Crippen molar-refractivity contribution < 1.29 is 0 Å². The molecule has 0 nitrogen and oxygen atoms in total. The molecule has 0 aromatic heterocycles. The van der Waals surface area contributed by atoms with Crippen molar-refractivity contribution in [3.63, 3.8) is 0 Å². The van der Waals surface area contributed by atoms with E-state index in [9.17, 15) is 0 Å². The highest BCUT2D eigenvalue weighted by Gasteiger charge is 2.16. The Morgan fingerprint density at radius 2 is 2.22 bits per heavy atom. The third-order valence-electron chi connectivity index (χ3n) is 2.26. The maximum Gasteiger partial charge on any atom is 0.00597 e. The predicted molar refractivity (Wildman–Crippen MR) is 44.9 cm³/mol. The minimum absolute atomic E-state index is 0.980. The predicted octanol–water partition coefficient (Wildman–Crippen LogP) is 3.21. The van der Waals surface area contributed by atoms with Crippen LogP contribution in [0.2, 0.25) is 0 Å². The van der Waals surface area contributed by atoms with Crippen molar-refractivity contribution >= 4 is 15.9 Å². The average Bonchev–Trinajstić information content (AvgIpc) is 1.88. The summed E-state index contributed by atoms with van der Waals surface area (Å²) in [5.41, 5.74) is 0. The topological polar surface area (TPSA) is 0 Å². The standard InChI is InChI=1S/C8H15Br/c1-7-3-2-4-8(5-7)6-9/h7-8H,2-6H2,1H3/t7-,8-/m0/s1. The lowest BCUT2D eigenvalue weighted by atomic mass is 9.84. The second kappa shape index (κ2) is 3.60. The Morgan fingerprint density at radius 3 is 2.67 bits per heavy atom. The van der Waals surface area contributed by atoms with E-state index in [1.165, 1.54) is 31.0 Å². The molecular weight excluding hydrogens is 176 g/mol. The number of alkyl halides is 1. The summed E-state index contributed by atoms with van der Waals surface area (Å²) in [6.45, 7) is 2.37. The normalized spacial score (nSPS) is 36.7. The highest BCUT2D eigenvalue weighted by Crippen LogP contribution is 2.29. The van der Waals surface area contributed by atoms with Crippen molar-refractivity contribution in [1.82, 2.24) is 0 Å². The number of hydrogen-bond acceptors (Lipinski definition) is 0. The first kappa shape index (κ1) is 7.59. The molecule has 2 atom stereocenters.